The number of nitrogens with zero attached hydrogens (tertiary/aromatic N) is 5. The van der Waals surface area contributed by atoms with Crippen LogP contribution in [0.4, 0.5) is 9.18 Å². The molecule has 6 rings (SSSR count). The Balaban J connectivity index is 1.04. The summed E-state index contributed by atoms with van der Waals surface area (Å²) < 4.78 is 28.2. The van der Waals surface area contributed by atoms with Crippen molar-refractivity contribution in [2.45, 2.75) is 63.8 Å². The number of likely N-dealkylation sites (tertiary alicyclic amines) is 2. The summed E-state index contributed by atoms with van der Waals surface area (Å²) in [6.45, 7) is 7.76. The van der Waals surface area contributed by atoms with Crippen molar-refractivity contribution >= 4 is 23.4 Å². The molecule has 13 heteroatoms. The molecule has 0 spiro atoms. The summed E-state index contributed by atoms with van der Waals surface area (Å²) in [5, 5.41) is 19.2. The van der Waals surface area contributed by atoms with E-state index >= 15 is 4.39 Å². The Morgan fingerprint density at radius 1 is 1.18 bits per heavy atom. The van der Waals surface area contributed by atoms with Crippen molar-refractivity contribution in [3.8, 4) is 0 Å². The van der Waals surface area contributed by atoms with Gasteiger partial charge < -0.3 is 30.4 Å². The number of hydrogen-bond donors (Lipinski definition) is 3. The van der Waals surface area contributed by atoms with Crippen LogP contribution in [-0.2, 0) is 9.47 Å². The molecule has 240 valence electrons. The highest BCUT2D eigenvalue weighted by Gasteiger charge is 2.48. The minimum Gasteiger partial charge on any atom is -0.491 e. The molecule has 2 aromatic rings. The largest absolute Gasteiger partial charge is 0.491 e. The molecule has 2 aliphatic carbocycles. The highest BCUT2D eigenvalue weighted by Crippen LogP contribution is 2.32. The third kappa shape index (κ3) is 7.52. The Hall–Kier alpha value is -4.26. The monoisotopic (exact) mass is 620 g/mol. The maximum Gasteiger partial charge on any atom is 0.410 e. The van der Waals surface area contributed by atoms with Crippen molar-refractivity contribution in [1.29, 1.82) is 5.41 Å². The van der Waals surface area contributed by atoms with E-state index in [-0.39, 0.29) is 37.3 Å². The number of aromatic nitrogens is 3. The maximum absolute atomic E-state index is 15.3. The summed E-state index contributed by atoms with van der Waals surface area (Å²) in [6, 6.07) is 1.90. The van der Waals surface area contributed by atoms with Gasteiger partial charge in [0.2, 0.25) is 0 Å². The van der Waals surface area contributed by atoms with Crippen molar-refractivity contribution in [2.75, 3.05) is 39.3 Å². The third-order valence-corrected chi connectivity index (χ3v) is 8.26. The molecule has 0 atom stereocenters. The second kappa shape index (κ2) is 12.3. The summed E-state index contributed by atoms with van der Waals surface area (Å²) in [4.78, 5) is 33.3. The van der Waals surface area contributed by atoms with E-state index in [2.05, 4.69) is 25.6 Å². The predicted molar refractivity (Wildman–Crippen MR) is 165 cm³/mol. The molecule has 4 aliphatic rings. The van der Waals surface area contributed by atoms with Crippen LogP contribution in [0.3, 0.4) is 0 Å². The van der Waals surface area contributed by atoms with Gasteiger partial charge in [0.25, 0.3) is 5.91 Å². The smallest absolute Gasteiger partial charge is 0.410 e. The Labute approximate surface area is 261 Å². The Bertz CT molecular complexity index is 1560. The molecule has 45 heavy (non-hydrogen) atoms. The first-order valence-corrected chi connectivity index (χ1v) is 15.6. The molecule has 2 saturated heterocycles. The summed E-state index contributed by atoms with van der Waals surface area (Å²) in [5.74, 6) is 0.595. The molecular weight excluding hydrogens is 579 g/mol. The third-order valence-electron chi connectivity index (χ3n) is 8.26. The van der Waals surface area contributed by atoms with Crippen LogP contribution in [0.2, 0.25) is 0 Å². The number of rotatable bonds is 9. The quantitative estimate of drug-likeness (QED) is 0.387. The molecule has 0 radical (unpaired) electrons. The fourth-order valence-corrected chi connectivity index (χ4v) is 5.66. The van der Waals surface area contributed by atoms with Gasteiger partial charge >= 0.3 is 6.09 Å². The van der Waals surface area contributed by atoms with Crippen LogP contribution in [0.5, 0.6) is 0 Å². The number of allylic oxidation sites excluding steroid dienone is 3. The van der Waals surface area contributed by atoms with E-state index in [4.69, 9.17) is 14.9 Å². The van der Waals surface area contributed by atoms with Gasteiger partial charge in [-0.1, -0.05) is 0 Å². The Morgan fingerprint density at radius 3 is 2.64 bits per heavy atom. The van der Waals surface area contributed by atoms with Crippen molar-refractivity contribution in [3.63, 3.8) is 0 Å². The van der Waals surface area contributed by atoms with E-state index in [1.807, 2.05) is 0 Å². The summed E-state index contributed by atoms with van der Waals surface area (Å²) in [6.07, 6.45) is 13.4. The van der Waals surface area contributed by atoms with Gasteiger partial charge in [0.15, 0.2) is 11.3 Å². The lowest BCUT2D eigenvalue weighted by atomic mass is 9.94. The molecule has 3 N–H and O–H groups in total. The van der Waals surface area contributed by atoms with E-state index in [1.54, 1.807) is 62.1 Å². The highest BCUT2D eigenvalue weighted by molar-refractivity contribution is 6.11. The SMILES string of the molecule is CC(C)(C)OC(=O)N1CC(F)(CN2CCC(N/C=C3/C=C(NC(=O)c4cnn5cccnc45)C(OCC4CC4)=CC3=N)CC2)C1. The first-order valence-electron chi connectivity index (χ1n) is 15.6. The number of ether oxygens (including phenoxy) is 2. The average molecular weight is 621 g/mol. The molecular formula is C32H41FN8O4. The molecule has 4 heterocycles. The van der Waals surface area contributed by atoms with Crippen LogP contribution in [-0.4, -0.2) is 98.8 Å². The first-order chi connectivity index (χ1) is 21.4. The minimum absolute atomic E-state index is 0.0489. The number of nitrogens with one attached hydrogen (secondary N) is 3. The van der Waals surface area contributed by atoms with Crippen LogP contribution in [0.15, 0.2) is 60.0 Å². The van der Waals surface area contributed by atoms with Crippen molar-refractivity contribution in [3.05, 3.63) is 65.6 Å². The first kappa shape index (κ1) is 30.8. The Kier molecular flexibility index (Phi) is 8.38. The number of halogens is 1. The molecule has 2 aliphatic heterocycles. The lowest BCUT2D eigenvalue weighted by Gasteiger charge is -2.47. The van der Waals surface area contributed by atoms with Crippen LogP contribution >= 0.6 is 0 Å². The van der Waals surface area contributed by atoms with Gasteiger partial charge in [-0.25, -0.2) is 18.7 Å². The number of piperidine rings is 1. The van der Waals surface area contributed by atoms with Gasteiger partial charge in [-0.05, 0) is 64.5 Å². The zero-order chi connectivity index (χ0) is 31.8. The molecule has 0 aromatic carbocycles. The highest BCUT2D eigenvalue weighted by atomic mass is 19.1. The zero-order valence-corrected chi connectivity index (χ0v) is 26.0. The van der Waals surface area contributed by atoms with Gasteiger partial charge in [0.05, 0.1) is 37.3 Å². The normalized spacial score (nSPS) is 21.6. The number of fused-ring (bicyclic) bond motifs is 1. The number of amides is 2. The number of hydrogen-bond acceptors (Lipinski definition) is 9. The molecule has 3 fully saturated rings. The van der Waals surface area contributed by atoms with Crippen LogP contribution in [0.1, 0.15) is 56.8 Å². The summed E-state index contributed by atoms with van der Waals surface area (Å²) in [7, 11) is 0. The van der Waals surface area contributed by atoms with Crippen LogP contribution in [0, 0.1) is 11.3 Å². The Morgan fingerprint density at radius 2 is 1.93 bits per heavy atom. The molecule has 12 nitrogen and oxygen atoms in total. The average Bonchev–Trinajstić information content (AvgIpc) is 3.70. The number of carbonyl (C=O) groups is 2. The van der Waals surface area contributed by atoms with Gasteiger partial charge in [0.1, 0.15) is 16.9 Å². The molecule has 0 bridgehead atoms. The minimum atomic E-state index is -1.42. The van der Waals surface area contributed by atoms with Crippen LogP contribution in [0.25, 0.3) is 5.65 Å². The second-order valence-corrected chi connectivity index (χ2v) is 13.4. The van der Waals surface area contributed by atoms with Gasteiger partial charge in [-0.3, -0.25) is 9.69 Å². The van der Waals surface area contributed by atoms with Crippen molar-refractivity contribution in [2.24, 2.45) is 5.92 Å². The zero-order valence-electron chi connectivity index (χ0n) is 26.0. The number of carbonyl (C=O) groups excluding carboxylic acids is 2. The standard InChI is InChI=1S/C32H41FN8O4/c1-31(2,3)45-30(43)40-19-32(33,20-40)18-39-11-7-23(8-12-39)36-15-22-13-26(27(14-25(22)34)44-17-21-5-6-21)38-29(42)24-16-37-41-10-4-9-35-28(24)41/h4,9-10,13-16,21,23,34,36H,5-8,11-12,17-20H2,1-3H3,(H,38,42)/b22-15-,34-25?. The topological polar surface area (TPSA) is 137 Å². The fraction of sp³-hybridized carbons (Fsp3) is 0.531. The lowest BCUT2D eigenvalue weighted by molar-refractivity contribution is -0.0662. The van der Waals surface area contributed by atoms with Crippen molar-refractivity contribution < 1.29 is 23.5 Å². The fourth-order valence-electron chi connectivity index (χ4n) is 5.66. The van der Waals surface area contributed by atoms with E-state index < -0.39 is 17.4 Å². The van der Waals surface area contributed by atoms with Gasteiger partial charge in [-0.15, -0.1) is 0 Å². The van der Waals surface area contributed by atoms with Crippen molar-refractivity contribution in [1.82, 2.24) is 35.0 Å². The molecule has 2 aromatic heterocycles. The number of alkyl halides is 1. The van der Waals surface area contributed by atoms with Gasteiger partial charge in [0, 0.05) is 55.9 Å². The van der Waals surface area contributed by atoms with E-state index in [9.17, 15) is 9.59 Å². The van der Waals surface area contributed by atoms with Crippen LogP contribution < -0.4 is 10.6 Å². The summed E-state index contributed by atoms with van der Waals surface area (Å²) in [5.41, 5.74) is 0.126. The molecule has 0 unspecified atom stereocenters. The van der Waals surface area contributed by atoms with Gasteiger partial charge in [-0.2, -0.15) is 5.10 Å². The maximum atomic E-state index is 15.3. The van der Waals surface area contributed by atoms with E-state index in [0.29, 0.717) is 40.8 Å². The van der Waals surface area contributed by atoms with E-state index in [1.165, 1.54) is 11.1 Å². The predicted octanol–water partition coefficient (Wildman–Crippen LogP) is 3.58. The summed E-state index contributed by atoms with van der Waals surface area (Å²) >= 11 is 0. The molecule has 2 amide bonds. The second-order valence-electron chi connectivity index (χ2n) is 13.4. The molecule has 1 saturated carbocycles. The van der Waals surface area contributed by atoms with E-state index in [0.717, 1.165) is 38.8 Å². The lowest BCUT2D eigenvalue weighted by Crippen LogP contribution is -2.66.